The van der Waals surface area contributed by atoms with Gasteiger partial charge in [-0.2, -0.15) is 10.5 Å². The molecule has 5 nitrogen and oxygen atoms in total. The molecular weight excluding hydrogens is 398 g/mol. The Morgan fingerprint density at radius 2 is 1.34 bits per heavy atom. The summed E-state index contributed by atoms with van der Waals surface area (Å²) in [7, 11) is 0. The summed E-state index contributed by atoms with van der Waals surface area (Å²) in [4.78, 5) is 28.2. The van der Waals surface area contributed by atoms with Gasteiger partial charge in [0, 0.05) is 29.9 Å². The van der Waals surface area contributed by atoms with Crippen LogP contribution in [0.3, 0.4) is 0 Å². The van der Waals surface area contributed by atoms with Gasteiger partial charge in [-0.1, -0.05) is 66.7 Å². The van der Waals surface area contributed by atoms with E-state index in [9.17, 15) is 20.1 Å². The van der Waals surface area contributed by atoms with Crippen molar-refractivity contribution >= 4 is 17.3 Å². The highest BCUT2D eigenvalue weighted by molar-refractivity contribution is 6.27. The van der Waals surface area contributed by atoms with Crippen LogP contribution in [-0.4, -0.2) is 18.1 Å². The van der Waals surface area contributed by atoms with Crippen molar-refractivity contribution in [3.05, 3.63) is 101 Å². The van der Waals surface area contributed by atoms with E-state index in [2.05, 4.69) is 24.0 Å². The second-order valence-corrected chi connectivity index (χ2v) is 7.79. The number of rotatable bonds is 6. The van der Waals surface area contributed by atoms with E-state index >= 15 is 0 Å². The number of hydrogen-bond acceptors (Lipinski definition) is 5. The molecule has 3 aromatic carbocycles. The lowest BCUT2D eigenvalue weighted by molar-refractivity contribution is 0.0807. The van der Waals surface area contributed by atoms with Crippen LogP contribution in [0.25, 0.3) is 0 Å². The second-order valence-electron chi connectivity index (χ2n) is 7.79. The molecule has 0 saturated heterocycles. The van der Waals surface area contributed by atoms with Crippen molar-refractivity contribution in [1.29, 1.82) is 10.5 Å². The average Bonchev–Trinajstić information content (AvgIpc) is 3.11. The normalized spacial score (nSPS) is 13.3. The zero-order chi connectivity index (χ0) is 22.7. The van der Waals surface area contributed by atoms with Gasteiger partial charge in [0.2, 0.25) is 0 Å². The van der Waals surface area contributed by atoms with E-state index in [4.69, 9.17) is 0 Å². The van der Waals surface area contributed by atoms with Crippen LogP contribution >= 0.6 is 0 Å². The molecule has 0 radical (unpaired) electrons. The van der Waals surface area contributed by atoms with Crippen molar-refractivity contribution in [1.82, 2.24) is 0 Å². The van der Waals surface area contributed by atoms with Gasteiger partial charge in [-0.25, -0.2) is 0 Å². The van der Waals surface area contributed by atoms with E-state index in [1.807, 2.05) is 42.5 Å². The van der Waals surface area contributed by atoms with Gasteiger partial charge < -0.3 is 4.90 Å². The number of benzene rings is 3. The number of ketones is 2. The maximum Gasteiger partial charge on any atom is 0.185 e. The van der Waals surface area contributed by atoms with Crippen molar-refractivity contribution in [3.8, 4) is 12.1 Å². The fraction of sp³-hybridized carbons (Fsp3) is 0.185. The average molecular weight is 419 g/mol. The van der Waals surface area contributed by atoms with Crippen LogP contribution in [0.15, 0.2) is 78.9 Å². The first-order chi connectivity index (χ1) is 15.6. The second kappa shape index (κ2) is 8.49. The van der Waals surface area contributed by atoms with Crippen molar-refractivity contribution in [2.24, 2.45) is 5.92 Å². The van der Waals surface area contributed by atoms with E-state index in [1.165, 1.54) is 5.56 Å². The number of fused-ring (bicyclic) bond motifs is 1. The number of anilines is 1. The summed E-state index contributed by atoms with van der Waals surface area (Å²) in [6.45, 7) is 3.54. The van der Waals surface area contributed by atoms with Crippen molar-refractivity contribution in [2.45, 2.75) is 18.9 Å². The molecule has 0 bridgehead atoms. The summed E-state index contributed by atoms with van der Waals surface area (Å²) in [5, 5.41) is 20.1. The SMILES string of the molecule is CCN(Cc1ccccc1)c1ccc(C(C#N)(C#N)C2C(=O)c3ccccc3C2=O)cc1. The van der Waals surface area contributed by atoms with Crippen molar-refractivity contribution in [2.75, 3.05) is 11.4 Å². The van der Waals surface area contributed by atoms with Crippen LogP contribution in [0.4, 0.5) is 5.69 Å². The summed E-state index contributed by atoms with van der Waals surface area (Å²) < 4.78 is 0. The van der Waals surface area contributed by atoms with Crippen LogP contribution in [-0.2, 0) is 12.0 Å². The summed E-state index contributed by atoms with van der Waals surface area (Å²) in [6.07, 6.45) is 0. The summed E-state index contributed by atoms with van der Waals surface area (Å²) >= 11 is 0. The first kappa shape index (κ1) is 21.0. The van der Waals surface area contributed by atoms with Gasteiger partial charge in [0.25, 0.3) is 0 Å². The molecule has 3 aromatic rings. The molecule has 0 aliphatic heterocycles. The molecule has 0 spiro atoms. The Hall–Kier alpha value is -4.22. The number of hydrogen-bond donors (Lipinski definition) is 0. The van der Waals surface area contributed by atoms with Gasteiger partial charge in [0.05, 0.1) is 12.1 Å². The molecule has 32 heavy (non-hydrogen) atoms. The number of nitrogens with zero attached hydrogens (tertiary/aromatic N) is 3. The van der Waals surface area contributed by atoms with Crippen LogP contribution in [0.5, 0.6) is 0 Å². The van der Waals surface area contributed by atoms with Gasteiger partial charge in [-0.05, 0) is 30.2 Å². The van der Waals surface area contributed by atoms with E-state index in [1.54, 1.807) is 36.4 Å². The van der Waals surface area contributed by atoms with Gasteiger partial charge in [-0.15, -0.1) is 0 Å². The van der Waals surface area contributed by atoms with E-state index < -0.39 is 22.9 Å². The third-order valence-corrected chi connectivity index (χ3v) is 6.05. The van der Waals surface area contributed by atoms with Gasteiger partial charge in [0.15, 0.2) is 17.0 Å². The smallest absolute Gasteiger partial charge is 0.185 e. The third kappa shape index (κ3) is 3.35. The maximum atomic E-state index is 13.0. The molecule has 0 aromatic heterocycles. The molecule has 156 valence electrons. The van der Waals surface area contributed by atoms with Crippen LogP contribution in [0.1, 0.15) is 38.8 Å². The fourth-order valence-electron chi connectivity index (χ4n) is 4.31. The molecule has 0 saturated carbocycles. The number of carbonyl (C=O) groups excluding carboxylic acids is 2. The first-order valence-corrected chi connectivity index (χ1v) is 10.4. The third-order valence-electron chi connectivity index (χ3n) is 6.05. The molecule has 0 fully saturated rings. The predicted molar refractivity (Wildman–Crippen MR) is 121 cm³/mol. The lowest BCUT2D eigenvalue weighted by Gasteiger charge is -2.26. The highest BCUT2D eigenvalue weighted by Gasteiger charge is 2.54. The summed E-state index contributed by atoms with van der Waals surface area (Å²) in [6, 6.07) is 27.6. The lowest BCUT2D eigenvalue weighted by Crippen LogP contribution is -2.39. The fourth-order valence-corrected chi connectivity index (χ4v) is 4.31. The standard InChI is InChI=1S/C27H21N3O2/c1-2-30(16-19-8-4-3-5-9-19)21-14-12-20(13-15-21)27(17-28,18-29)24-25(31)22-10-6-7-11-23(22)26(24)32/h3-15,24H,2,16H2,1H3. The minimum Gasteiger partial charge on any atom is -0.367 e. The summed E-state index contributed by atoms with van der Waals surface area (Å²) in [5.41, 5.74) is 1.10. The molecule has 5 heteroatoms. The highest BCUT2D eigenvalue weighted by Crippen LogP contribution is 2.41. The van der Waals surface area contributed by atoms with Gasteiger partial charge >= 0.3 is 0 Å². The molecular formula is C27H21N3O2. The molecule has 0 amide bonds. The predicted octanol–water partition coefficient (Wildman–Crippen LogP) is 4.69. The van der Waals surface area contributed by atoms with E-state index in [0.717, 1.165) is 12.2 Å². The van der Waals surface area contributed by atoms with E-state index in [-0.39, 0.29) is 11.1 Å². The Morgan fingerprint density at radius 1 is 0.812 bits per heavy atom. The Morgan fingerprint density at radius 3 is 1.84 bits per heavy atom. The number of nitriles is 2. The lowest BCUT2D eigenvalue weighted by atomic mass is 9.70. The van der Waals surface area contributed by atoms with Gasteiger partial charge in [0.1, 0.15) is 5.92 Å². The molecule has 1 aliphatic rings. The molecule has 0 N–H and O–H groups in total. The minimum absolute atomic E-state index is 0.272. The molecule has 0 unspecified atom stereocenters. The van der Waals surface area contributed by atoms with Crippen LogP contribution in [0, 0.1) is 28.6 Å². The Bertz CT molecular complexity index is 1200. The first-order valence-electron chi connectivity index (χ1n) is 10.4. The van der Waals surface area contributed by atoms with Crippen molar-refractivity contribution in [3.63, 3.8) is 0 Å². The zero-order valence-corrected chi connectivity index (χ0v) is 17.7. The zero-order valence-electron chi connectivity index (χ0n) is 17.7. The number of carbonyl (C=O) groups is 2. The number of Topliss-reactive ketones (excluding diaryl/α,β-unsaturated/α-hetero) is 2. The van der Waals surface area contributed by atoms with Crippen LogP contribution < -0.4 is 4.90 Å². The van der Waals surface area contributed by atoms with E-state index in [0.29, 0.717) is 12.1 Å². The Kier molecular flexibility index (Phi) is 5.58. The minimum atomic E-state index is -1.89. The van der Waals surface area contributed by atoms with Gasteiger partial charge in [-0.3, -0.25) is 9.59 Å². The maximum absolute atomic E-state index is 13.0. The molecule has 0 atom stereocenters. The van der Waals surface area contributed by atoms with Crippen molar-refractivity contribution < 1.29 is 9.59 Å². The largest absolute Gasteiger partial charge is 0.367 e. The summed E-state index contributed by atoms with van der Waals surface area (Å²) in [5.74, 6) is -2.32. The highest BCUT2D eigenvalue weighted by atomic mass is 16.2. The monoisotopic (exact) mass is 419 g/mol. The topological polar surface area (TPSA) is 85.0 Å². The Labute approximate surface area is 187 Å². The molecule has 4 rings (SSSR count). The van der Waals surface area contributed by atoms with Crippen LogP contribution in [0.2, 0.25) is 0 Å². The molecule has 1 aliphatic carbocycles. The molecule has 0 heterocycles. The Balaban J connectivity index is 1.68. The quantitative estimate of drug-likeness (QED) is 0.541.